The van der Waals surface area contributed by atoms with E-state index in [4.69, 9.17) is 9.15 Å². The van der Waals surface area contributed by atoms with Gasteiger partial charge in [0.1, 0.15) is 11.5 Å². The molecule has 37 heavy (non-hydrogen) atoms. The number of aliphatic carboxylic acids is 1. The van der Waals surface area contributed by atoms with Crippen LogP contribution in [0.15, 0.2) is 95.4 Å². The summed E-state index contributed by atoms with van der Waals surface area (Å²) in [5.41, 5.74) is 4.76. The van der Waals surface area contributed by atoms with Gasteiger partial charge in [-0.15, -0.1) is 0 Å². The van der Waals surface area contributed by atoms with Gasteiger partial charge in [0.15, 0.2) is 0 Å². The predicted octanol–water partition coefficient (Wildman–Crippen LogP) is 7.35. The second-order valence-corrected chi connectivity index (χ2v) is 9.32. The van der Waals surface area contributed by atoms with Gasteiger partial charge >= 0.3 is 5.97 Å². The summed E-state index contributed by atoms with van der Waals surface area (Å²) in [6.45, 7) is 4.09. The third-order valence-corrected chi connectivity index (χ3v) is 6.58. The van der Waals surface area contributed by atoms with E-state index in [1.54, 1.807) is 6.92 Å². The molecule has 0 radical (unpaired) electrons. The summed E-state index contributed by atoms with van der Waals surface area (Å²) in [6.07, 6.45) is 1.06. The lowest BCUT2D eigenvalue weighted by molar-refractivity contribution is -0.141. The fourth-order valence-corrected chi connectivity index (χ4v) is 4.48. The molecular formula is C32H29NO4. The molecular weight excluding hydrogens is 462 g/mol. The SMILES string of the molecule is Cc1oc(-c2ccccc2)nc1CCOc1ccc(CC(C)C(=O)O)cc1-c1ccc2ccccc2c1. The van der Waals surface area contributed by atoms with Crippen LogP contribution in [0.2, 0.25) is 0 Å². The maximum Gasteiger partial charge on any atom is 0.306 e. The Morgan fingerprint density at radius 1 is 0.919 bits per heavy atom. The molecule has 0 amide bonds. The van der Waals surface area contributed by atoms with Gasteiger partial charge < -0.3 is 14.3 Å². The van der Waals surface area contributed by atoms with Crippen molar-refractivity contribution in [3.8, 4) is 28.3 Å². The lowest BCUT2D eigenvalue weighted by Crippen LogP contribution is -2.12. The van der Waals surface area contributed by atoms with Crippen molar-refractivity contribution >= 4 is 16.7 Å². The van der Waals surface area contributed by atoms with E-state index in [0.29, 0.717) is 25.3 Å². The number of hydrogen-bond donors (Lipinski definition) is 1. The summed E-state index contributed by atoms with van der Waals surface area (Å²) in [6, 6.07) is 30.4. The van der Waals surface area contributed by atoms with Crippen LogP contribution in [0, 0.1) is 12.8 Å². The molecule has 1 atom stereocenters. The monoisotopic (exact) mass is 491 g/mol. The van der Waals surface area contributed by atoms with Crippen molar-refractivity contribution in [3.63, 3.8) is 0 Å². The Labute approximate surface area is 216 Å². The van der Waals surface area contributed by atoms with Gasteiger partial charge in [-0.2, -0.15) is 0 Å². The minimum atomic E-state index is -0.801. The average molecular weight is 492 g/mol. The van der Waals surface area contributed by atoms with Gasteiger partial charge in [0, 0.05) is 17.5 Å². The minimum absolute atomic E-state index is 0.438. The maximum atomic E-state index is 11.4. The molecule has 1 N–H and O–H groups in total. The van der Waals surface area contributed by atoms with Gasteiger partial charge in [0.2, 0.25) is 5.89 Å². The molecule has 0 aliphatic heterocycles. The Balaban J connectivity index is 1.40. The van der Waals surface area contributed by atoms with Crippen LogP contribution in [0.5, 0.6) is 5.75 Å². The third-order valence-electron chi connectivity index (χ3n) is 6.58. The van der Waals surface area contributed by atoms with Crippen molar-refractivity contribution in [3.05, 3.63) is 108 Å². The fraction of sp³-hybridized carbons (Fsp3) is 0.188. The number of carboxylic acids is 1. The van der Waals surface area contributed by atoms with Crippen LogP contribution in [0.1, 0.15) is 23.9 Å². The molecule has 1 heterocycles. The second kappa shape index (κ2) is 10.7. The number of fused-ring (bicyclic) bond motifs is 1. The van der Waals surface area contributed by atoms with Gasteiger partial charge in [0.05, 0.1) is 18.2 Å². The fourth-order valence-electron chi connectivity index (χ4n) is 4.48. The van der Waals surface area contributed by atoms with Crippen LogP contribution in [0.3, 0.4) is 0 Å². The highest BCUT2D eigenvalue weighted by Crippen LogP contribution is 2.34. The van der Waals surface area contributed by atoms with Crippen molar-refractivity contribution in [2.75, 3.05) is 6.61 Å². The van der Waals surface area contributed by atoms with Crippen LogP contribution in [-0.4, -0.2) is 22.7 Å². The first kappa shape index (κ1) is 24.3. The van der Waals surface area contributed by atoms with E-state index in [-0.39, 0.29) is 0 Å². The molecule has 0 saturated heterocycles. The second-order valence-electron chi connectivity index (χ2n) is 9.32. The van der Waals surface area contributed by atoms with Gasteiger partial charge in [-0.1, -0.05) is 67.6 Å². The van der Waals surface area contributed by atoms with Gasteiger partial charge in [-0.3, -0.25) is 4.79 Å². The number of aryl methyl sites for hydroxylation is 1. The van der Waals surface area contributed by atoms with Crippen LogP contribution in [-0.2, 0) is 17.6 Å². The molecule has 186 valence electrons. The van der Waals surface area contributed by atoms with Gasteiger partial charge in [0.25, 0.3) is 0 Å². The lowest BCUT2D eigenvalue weighted by Gasteiger charge is -2.15. The Morgan fingerprint density at radius 2 is 1.68 bits per heavy atom. The predicted molar refractivity (Wildman–Crippen MR) is 146 cm³/mol. The highest BCUT2D eigenvalue weighted by molar-refractivity contribution is 5.88. The molecule has 4 aromatic carbocycles. The molecule has 0 aliphatic rings. The topological polar surface area (TPSA) is 72.6 Å². The standard InChI is InChI=1S/C32H29NO4/c1-21(32(34)35)18-23-12-15-30(28(19-23)27-14-13-24-8-6-7-11-26(24)20-27)36-17-16-29-22(2)37-31(33-29)25-9-4-3-5-10-25/h3-15,19-21H,16-18H2,1-2H3,(H,34,35). The molecule has 0 spiro atoms. The van der Waals surface area contributed by atoms with Gasteiger partial charge in [-0.25, -0.2) is 4.98 Å². The molecule has 0 saturated carbocycles. The first-order valence-electron chi connectivity index (χ1n) is 12.5. The van der Waals surface area contributed by atoms with Gasteiger partial charge in [-0.05, 0) is 65.6 Å². The van der Waals surface area contributed by atoms with E-state index >= 15 is 0 Å². The summed E-state index contributed by atoms with van der Waals surface area (Å²) >= 11 is 0. The molecule has 5 aromatic rings. The quantitative estimate of drug-likeness (QED) is 0.233. The number of rotatable bonds is 9. The molecule has 0 aliphatic carbocycles. The molecule has 1 aromatic heterocycles. The van der Waals surface area contributed by atoms with E-state index in [9.17, 15) is 9.90 Å². The van der Waals surface area contributed by atoms with Crippen LogP contribution >= 0.6 is 0 Å². The Morgan fingerprint density at radius 3 is 2.46 bits per heavy atom. The summed E-state index contributed by atoms with van der Waals surface area (Å²) < 4.78 is 12.2. The Bertz CT molecular complexity index is 1540. The van der Waals surface area contributed by atoms with E-state index in [1.165, 1.54) is 5.39 Å². The molecule has 5 heteroatoms. The van der Waals surface area contributed by atoms with E-state index < -0.39 is 11.9 Å². The molecule has 0 bridgehead atoms. The van der Waals surface area contributed by atoms with E-state index in [0.717, 1.165) is 44.8 Å². The van der Waals surface area contributed by atoms with Crippen molar-refractivity contribution in [1.29, 1.82) is 0 Å². The number of carbonyl (C=O) groups is 1. The number of nitrogens with zero attached hydrogens (tertiary/aromatic N) is 1. The normalized spacial score (nSPS) is 11.9. The van der Waals surface area contributed by atoms with Crippen LogP contribution in [0.4, 0.5) is 0 Å². The number of ether oxygens (including phenoxy) is 1. The maximum absolute atomic E-state index is 11.4. The summed E-state index contributed by atoms with van der Waals surface area (Å²) in [5.74, 6) is 0.888. The number of carboxylic acid groups (broad SMARTS) is 1. The summed E-state index contributed by atoms with van der Waals surface area (Å²) in [7, 11) is 0. The zero-order chi connectivity index (χ0) is 25.8. The average Bonchev–Trinajstić information content (AvgIpc) is 3.29. The number of aromatic nitrogens is 1. The lowest BCUT2D eigenvalue weighted by atomic mass is 9.95. The van der Waals surface area contributed by atoms with Crippen LogP contribution < -0.4 is 4.74 Å². The highest BCUT2D eigenvalue weighted by atomic mass is 16.5. The molecule has 0 fully saturated rings. The number of oxazole rings is 1. The van der Waals surface area contributed by atoms with Crippen molar-refractivity contribution < 1.29 is 19.1 Å². The molecule has 1 unspecified atom stereocenters. The minimum Gasteiger partial charge on any atom is -0.493 e. The summed E-state index contributed by atoms with van der Waals surface area (Å²) in [4.78, 5) is 16.1. The molecule has 5 nitrogen and oxygen atoms in total. The van der Waals surface area contributed by atoms with Crippen LogP contribution in [0.25, 0.3) is 33.4 Å². The van der Waals surface area contributed by atoms with Crippen molar-refractivity contribution in [2.24, 2.45) is 5.92 Å². The first-order valence-corrected chi connectivity index (χ1v) is 12.5. The van der Waals surface area contributed by atoms with Crippen molar-refractivity contribution in [1.82, 2.24) is 4.98 Å². The Kier molecular flexibility index (Phi) is 7.04. The van der Waals surface area contributed by atoms with E-state index in [1.807, 2.05) is 67.6 Å². The first-order chi connectivity index (χ1) is 18.0. The van der Waals surface area contributed by atoms with Crippen molar-refractivity contribution in [2.45, 2.75) is 26.7 Å². The Hall–Kier alpha value is -4.38. The highest BCUT2D eigenvalue weighted by Gasteiger charge is 2.16. The zero-order valence-corrected chi connectivity index (χ0v) is 21.0. The van der Waals surface area contributed by atoms with E-state index in [2.05, 4.69) is 35.3 Å². The largest absolute Gasteiger partial charge is 0.493 e. The number of hydrogen-bond acceptors (Lipinski definition) is 4. The third kappa shape index (κ3) is 5.56. The zero-order valence-electron chi connectivity index (χ0n) is 21.0. The smallest absolute Gasteiger partial charge is 0.306 e. The number of benzene rings is 4. The molecule has 5 rings (SSSR count). The summed E-state index contributed by atoms with van der Waals surface area (Å²) in [5, 5.41) is 11.7.